The van der Waals surface area contributed by atoms with Crippen LogP contribution in [0.5, 0.6) is 0 Å². The lowest BCUT2D eigenvalue weighted by Crippen LogP contribution is -2.24. The Bertz CT molecular complexity index is 609. The number of nitrogens with one attached hydrogen (secondary N) is 2. The van der Waals surface area contributed by atoms with Crippen molar-refractivity contribution in [2.24, 2.45) is 5.73 Å². The van der Waals surface area contributed by atoms with Gasteiger partial charge >= 0.3 is 0 Å². The number of amides is 1. The summed E-state index contributed by atoms with van der Waals surface area (Å²) >= 11 is 0. The van der Waals surface area contributed by atoms with Crippen molar-refractivity contribution in [3.05, 3.63) is 47.8 Å². The molecule has 6 nitrogen and oxygen atoms in total. The second-order valence-corrected chi connectivity index (χ2v) is 3.66. The summed E-state index contributed by atoms with van der Waals surface area (Å²) < 4.78 is 0. The minimum Gasteiger partial charge on any atom is -0.347 e. The highest BCUT2D eigenvalue weighted by atomic mass is 16.1. The van der Waals surface area contributed by atoms with Gasteiger partial charge < -0.3 is 16.0 Å². The van der Waals surface area contributed by atoms with Gasteiger partial charge in [0.25, 0.3) is 5.91 Å². The summed E-state index contributed by atoms with van der Waals surface area (Å²) in [6.07, 6.45) is 4.76. The van der Waals surface area contributed by atoms with E-state index in [2.05, 4.69) is 32.1 Å². The van der Waals surface area contributed by atoms with Gasteiger partial charge in [-0.15, -0.1) is 0 Å². The topological polar surface area (TPSA) is 96.7 Å². The molecule has 2 aromatic heterocycles. The molecule has 2 aromatic rings. The van der Waals surface area contributed by atoms with E-state index in [0.717, 1.165) is 5.69 Å². The van der Waals surface area contributed by atoms with Gasteiger partial charge in [-0.3, -0.25) is 4.79 Å². The van der Waals surface area contributed by atoms with E-state index in [-0.39, 0.29) is 12.5 Å². The molecule has 0 bridgehead atoms. The lowest BCUT2D eigenvalue weighted by molar-refractivity contribution is 0.0945. The molecular weight excluding hydrogens is 242 g/mol. The molecule has 0 saturated carbocycles. The first kappa shape index (κ1) is 12.8. The van der Waals surface area contributed by atoms with E-state index in [9.17, 15) is 4.79 Å². The highest BCUT2D eigenvalue weighted by Crippen LogP contribution is 2.04. The zero-order valence-corrected chi connectivity index (χ0v) is 10.2. The Morgan fingerprint density at radius 2 is 2.42 bits per heavy atom. The Labute approximate surface area is 110 Å². The predicted molar refractivity (Wildman–Crippen MR) is 69.9 cm³/mol. The van der Waals surface area contributed by atoms with E-state index < -0.39 is 0 Å². The third-order valence-electron chi connectivity index (χ3n) is 2.34. The predicted octanol–water partition coefficient (Wildman–Crippen LogP) is 0.0449. The number of pyridine rings is 1. The number of aromatic nitrogens is 3. The summed E-state index contributed by atoms with van der Waals surface area (Å²) in [5.74, 6) is 5.26. The maximum Gasteiger partial charge on any atom is 0.271 e. The molecule has 0 atom stereocenters. The van der Waals surface area contributed by atoms with Crippen LogP contribution in [0.1, 0.15) is 21.7 Å². The third-order valence-corrected chi connectivity index (χ3v) is 2.34. The number of nitrogens with two attached hydrogens (primary N) is 1. The smallest absolute Gasteiger partial charge is 0.271 e. The minimum absolute atomic E-state index is 0.240. The molecule has 0 aliphatic carbocycles. The highest BCUT2D eigenvalue weighted by molar-refractivity contribution is 5.94. The molecule has 0 radical (unpaired) electrons. The summed E-state index contributed by atoms with van der Waals surface area (Å²) in [6.45, 7) is 0.600. The van der Waals surface area contributed by atoms with Crippen molar-refractivity contribution < 1.29 is 4.79 Å². The lowest BCUT2D eigenvalue weighted by atomic mass is 10.2. The zero-order valence-electron chi connectivity index (χ0n) is 10.2. The number of nitrogens with zero attached hydrogens (tertiary/aromatic N) is 2. The molecule has 6 heteroatoms. The number of H-pyrrole nitrogens is 1. The molecule has 2 rings (SSSR count). The Hall–Kier alpha value is -2.65. The number of rotatable bonds is 3. The Morgan fingerprint density at radius 1 is 1.53 bits per heavy atom. The largest absolute Gasteiger partial charge is 0.347 e. The second-order valence-electron chi connectivity index (χ2n) is 3.66. The van der Waals surface area contributed by atoms with Crippen LogP contribution < -0.4 is 11.1 Å². The van der Waals surface area contributed by atoms with E-state index in [1.165, 1.54) is 0 Å². The number of carbonyl (C=O) groups is 1. The fraction of sp³-hybridized carbons (Fsp3) is 0.154. The van der Waals surface area contributed by atoms with Crippen molar-refractivity contribution in [2.45, 2.75) is 6.54 Å². The van der Waals surface area contributed by atoms with Gasteiger partial charge in [-0.05, 0) is 12.1 Å². The van der Waals surface area contributed by atoms with Gasteiger partial charge in [0, 0.05) is 12.4 Å². The van der Waals surface area contributed by atoms with Crippen LogP contribution in [0.25, 0.3) is 0 Å². The maximum atomic E-state index is 12.0. The van der Waals surface area contributed by atoms with Crippen LogP contribution in [0.3, 0.4) is 0 Å². The SMILES string of the molecule is NCC#Cc1cccnc1C(=O)NCc1cnc[nH]1. The number of aromatic amines is 1. The molecule has 0 spiro atoms. The first-order valence-corrected chi connectivity index (χ1v) is 5.70. The normalized spacial score (nSPS) is 9.53. The lowest BCUT2D eigenvalue weighted by Gasteiger charge is -2.04. The molecule has 0 aliphatic heterocycles. The molecule has 96 valence electrons. The standard InChI is InChI=1S/C13H13N5O/c14-5-1-3-10-4-2-6-16-12(10)13(19)17-8-11-7-15-9-18-11/h2,4,6-7,9H,5,8,14H2,(H,15,18)(H,17,19). The molecule has 1 amide bonds. The van der Waals surface area contributed by atoms with Crippen LogP contribution in [-0.4, -0.2) is 27.4 Å². The number of carbonyl (C=O) groups excluding carboxylic acids is 1. The Balaban J connectivity index is 2.10. The van der Waals surface area contributed by atoms with Gasteiger partial charge in [0.15, 0.2) is 0 Å². The average molecular weight is 255 g/mol. The van der Waals surface area contributed by atoms with Crippen LogP contribution in [0.4, 0.5) is 0 Å². The summed E-state index contributed by atoms with van der Waals surface area (Å²) in [5.41, 5.74) is 7.00. The number of imidazole rings is 1. The first-order valence-electron chi connectivity index (χ1n) is 5.70. The van der Waals surface area contributed by atoms with Crippen molar-refractivity contribution in [2.75, 3.05) is 6.54 Å². The summed E-state index contributed by atoms with van der Waals surface area (Å²) in [5, 5.41) is 2.75. The van der Waals surface area contributed by atoms with Gasteiger partial charge in [-0.2, -0.15) is 0 Å². The average Bonchev–Trinajstić information content (AvgIpc) is 2.96. The molecule has 4 N–H and O–H groups in total. The Kier molecular flexibility index (Phi) is 4.26. The van der Waals surface area contributed by atoms with Gasteiger partial charge in [0.05, 0.1) is 30.7 Å². The van der Waals surface area contributed by atoms with Gasteiger partial charge in [0.1, 0.15) is 5.69 Å². The van der Waals surface area contributed by atoms with Gasteiger partial charge in [-0.25, -0.2) is 9.97 Å². The third kappa shape index (κ3) is 3.40. The highest BCUT2D eigenvalue weighted by Gasteiger charge is 2.11. The van der Waals surface area contributed by atoms with Crippen molar-refractivity contribution in [1.82, 2.24) is 20.3 Å². The summed E-state index contributed by atoms with van der Waals surface area (Å²) in [7, 11) is 0. The van der Waals surface area contributed by atoms with Gasteiger partial charge in [0.2, 0.25) is 0 Å². The van der Waals surface area contributed by atoms with E-state index in [4.69, 9.17) is 5.73 Å². The molecule has 0 aliphatic rings. The molecular formula is C13H13N5O. The summed E-state index contributed by atoms with van der Waals surface area (Å²) in [4.78, 5) is 22.8. The quantitative estimate of drug-likeness (QED) is 0.675. The summed E-state index contributed by atoms with van der Waals surface area (Å²) in [6, 6.07) is 3.47. The number of hydrogen-bond donors (Lipinski definition) is 3. The molecule has 0 unspecified atom stereocenters. The number of hydrogen-bond acceptors (Lipinski definition) is 4. The van der Waals surface area contributed by atoms with E-state index in [1.807, 2.05) is 0 Å². The second kappa shape index (κ2) is 6.33. The van der Waals surface area contributed by atoms with Crippen LogP contribution in [-0.2, 0) is 6.54 Å². The van der Waals surface area contributed by atoms with E-state index in [1.54, 1.807) is 30.9 Å². The molecule has 0 fully saturated rings. The molecule has 0 aromatic carbocycles. The van der Waals surface area contributed by atoms with Crippen molar-refractivity contribution in [1.29, 1.82) is 0 Å². The molecule has 2 heterocycles. The van der Waals surface area contributed by atoms with Crippen LogP contribution >= 0.6 is 0 Å². The van der Waals surface area contributed by atoms with Crippen molar-refractivity contribution in [3.8, 4) is 11.8 Å². The molecule has 19 heavy (non-hydrogen) atoms. The minimum atomic E-state index is -0.281. The van der Waals surface area contributed by atoms with Crippen molar-refractivity contribution in [3.63, 3.8) is 0 Å². The fourth-order valence-electron chi connectivity index (χ4n) is 1.47. The van der Waals surface area contributed by atoms with Crippen molar-refractivity contribution >= 4 is 5.91 Å². The van der Waals surface area contributed by atoms with Crippen LogP contribution in [0.2, 0.25) is 0 Å². The zero-order chi connectivity index (χ0) is 13.5. The Morgan fingerprint density at radius 3 is 3.16 bits per heavy atom. The fourth-order valence-corrected chi connectivity index (χ4v) is 1.47. The van der Waals surface area contributed by atoms with E-state index >= 15 is 0 Å². The first-order chi connectivity index (χ1) is 9.31. The van der Waals surface area contributed by atoms with Gasteiger partial charge in [-0.1, -0.05) is 11.8 Å². The monoisotopic (exact) mass is 255 g/mol. The molecule has 0 saturated heterocycles. The van der Waals surface area contributed by atoms with Crippen LogP contribution in [0.15, 0.2) is 30.9 Å². The van der Waals surface area contributed by atoms with E-state index in [0.29, 0.717) is 17.8 Å². The maximum absolute atomic E-state index is 12.0. The van der Waals surface area contributed by atoms with Crippen LogP contribution in [0, 0.1) is 11.8 Å².